The highest BCUT2D eigenvalue weighted by atomic mass is 14.2. The third-order valence-electron chi connectivity index (χ3n) is 4.35. The van der Waals surface area contributed by atoms with Crippen molar-refractivity contribution in [2.45, 2.75) is 66.2 Å². The summed E-state index contributed by atoms with van der Waals surface area (Å²) in [6.07, 6.45) is 7.81. The predicted molar refractivity (Wildman–Crippen MR) is 71.3 cm³/mol. The highest BCUT2D eigenvalue weighted by Gasteiger charge is 2.19. The Hall–Kier alpha value is -0.780. The van der Waals surface area contributed by atoms with Crippen molar-refractivity contribution in [2.75, 3.05) is 0 Å². The van der Waals surface area contributed by atoms with Crippen LogP contribution in [0.4, 0.5) is 0 Å². The van der Waals surface area contributed by atoms with Gasteiger partial charge in [0.25, 0.3) is 0 Å². The van der Waals surface area contributed by atoms with Crippen LogP contribution in [-0.2, 0) is 25.7 Å². The lowest BCUT2D eigenvalue weighted by Crippen LogP contribution is -2.12. The highest BCUT2D eigenvalue weighted by molar-refractivity contribution is 5.52. The summed E-state index contributed by atoms with van der Waals surface area (Å²) >= 11 is 0. The van der Waals surface area contributed by atoms with Crippen molar-refractivity contribution in [3.05, 3.63) is 33.4 Å². The van der Waals surface area contributed by atoms with Crippen LogP contribution in [-0.4, -0.2) is 0 Å². The summed E-state index contributed by atoms with van der Waals surface area (Å²) in [5.41, 5.74) is 9.89. The third-order valence-corrected chi connectivity index (χ3v) is 4.35. The summed E-state index contributed by atoms with van der Waals surface area (Å²) in [5, 5.41) is 0. The van der Waals surface area contributed by atoms with Crippen molar-refractivity contribution in [3.63, 3.8) is 0 Å². The maximum absolute atomic E-state index is 2.35. The van der Waals surface area contributed by atoms with Gasteiger partial charge in [0.15, 0.2) is 0 Å². The van der Waals surface area contributed by atoms with Crippen LogP contribution in [0.25, 0.3) is 0 Å². The monoisotopic (exact) mass is 216 g/mol. The first-order valence-electron chi connectivity index (χ1n) is 6.83. The first-order valence-corrected chi connectivity index (χ1v) is 6.83. The van der Waals surface area contributed by atoms with Gasteiger partial charge in [0.1, 0.15) is 0 Å². The zero-order valence-corrected chi connectivity index (χ0v) is 11.2. The average Bonchev–Trinajstić information content (AvgIpc) is 2.33. The maximum Gasteiger partial charge on any atom is -0.0273 e. The highest BCUT2D eigenvalue weighted by Crippen LogP contribution is 2.33. The number of hydrogen-bond acceptors (Lipinski definition) is 0. The van der Waals surface area contributed by atoms with E-state index >= 15 is 0 Å². The van der Waals surface area contributed by atoms with E-state index in [4.69, 9.17) is 0 Å². The Balaban J connectivity index is 2.69. The predicted octanol–water partition coefficient (Wildman–Crippen LogP) is 4.31. The average molecular weight is 216 g/mol. The normalized spacial score (nSPS) is 15.0. The topological polar surface area (TPSA) is 0 Å². The van der Waals surface area contributed by atoms with Gasteiger partial charge in [-0.2, -0.15) is 0 Å². The lowest BCUT2D eigenvalue weighted by Gasteiger charge is -2.26. The van der Waals surface area contributed by atoms with E-state index in [1.807, 2.05) is 0 Å². The fourth-order valence-corrected chi connectivity index (χ4v) is 3.51. The van der Waals surface area contributed by atoms with Gasteiger partial charge in [-0.1, -0.05) is 13.8 Å². The van der Waals surface area contributed by atoms with E-state index in [1.54, 1.807) is 33.4 Å². The molecule has 0 amide bonds. The summed E-state index contributed by atoms with van der Waals surface area (Å²) in [5.74, 6) is 0. The van der Waals surface area contributed by atoms with Crippen LogP contribution in [0.2, 0.25) is 0 Å². The van der Waals surface area contributed by atoms with E-state index in [-0.39, 0.29) is 0 Å². The van der Waals surface area contributed by atoms with Crippen molar-refractivity contribution in [3.8, 4) is 0 Å². The standard InChI is InChI=1S/C16H24/c1-5-13-11(3)15-9-7-8-10-16(15)12(4)14(13)6-2/h5-10H2,1-4H3. The van der Waals surface area contributed by atoms with Gasteiger partial charge in [-0.25, -0.2) is 0 Å². The van der Waals surface area contributed by atoms with E-state index in [9.17, 15) is 0 Å². The van der Waals surface area contributed by atoms with Crippen LogP contribution < -0.4 is 0 Å². The largest absolute Gasteiger partial charge is 0.0613 e. The van der Waals surface area contributed by atoms with Gasteiger partial charge >= 0.3 is 0 Å². The molecule has 0 radical (unpaired) electrons. The van der Waals surface area contributed by atoms with Gasteiger partial charge in [0.05, 0.1) is 0 Å². The van der Waals surface area contributed by atoms with Crippen molar-refractivity contribution >= 4 is 0 Å². The molecule has 1 aliphatic carbocycles. The van der Waals surface area contributed by atoms with Crippen LogP contribution in [0, 0.1) is 13.8 Å². The number of fused-ring (bicyclic) bond motifs is 1. The minimum absolute atomic E-state index is 1.20. The van der Waals surface area contributed by atoms with Gasteiger partial charge in [-0.05, 0) is 85.8 Å². The Bertz CT molecular complexity index is 343. The summed E-state index contributed by atoms with van der Waals surface area (Å²) in [6, 6.07) is 0. The number of rotatable bonds is 2. The molecule has 0 atom stereocenters. The Morgan fingerprint density at radius 3 is 1.44 bits per heavy atom. The molecule has 0 nitrogen and oxygen atoms in total. The fraction of sp³-hybridized carbons (Fsp3) is 0.625. The van der Waals surface area contributed by atoms with Crippen LogP contribution >= 0.6 is 0 Å². The Kier molecular flexibility index (Phi) is 3.37. The molecule has 0 heteroatoms. The van der Waals surface area contributed by atoms with E-state index in [0.29, 0.717) is 0 Å². The van der Waals surface area contributed by atoms with Crippen molar-refractivity contribution in [1.29, 1.82) is 0 Å². The quantitative estimate of drug-likeness (QED) is 0.691. The molecule has 2 rings (SSSR count). The number of hydrogen-bond donors (Lipinski definition) is 0. The van der Waals surface area contributed by atoms with Crippen molar-refractivity contribution < 1.29 is 0 Å². The van der Waals surface area contributed by atoms with Crippen molar-refractivity contribution in [2.24, 2.45) is 0 Å². The molecule has 0 aliphatic heterocycles. The maximum atomic E-state index is 2.35. The summed E-state index contributed by atoms with van der Waals surface area (Å²) in [6.45, 7) is 9.30. The van der Waals surface area contributed by atoms with E-state index in [2.05, 4.69) is 27.7 Å². The molecule has 0 aromatic heterocycles. The van der Waals surface area contributed by atoms with Gasteiger partial charge in [-0.15, -0.1) is 0 Å². The van der Waals surface area contributed by atoms with E-state index in [0.717, 1.165) is 0 Å². The molecule has 0 saturated carbocycles. The first kappa shape index (κ1) is 11.7. The minimum Gasteiger partial charge on any atom is -0.0613 e. The van der Waals surface area contributed by atoms with Gasteiger partial charge in [0, 0.05) is 0 Å². The summed E-state index contributed by atoms with van der Waals surface area (Å²) < 4.78 is 0. The molecule has 1 aromatic rings. The fourth-order valence-electron chi connectivity index (χ4n) is 3.51. The zero-order valence-electron chi connectivity index (χ0n) is 11.2. The lowest BCUT2D eigenvalue weighted by molar-refractivity contribution is 0.674. The van der Waals surface area contributed by atoms with Crippen LogP contribution in [0.5, 0.6) is 0 Å². The molecule has 88 valence electrons. The molecule has 0 fully saturated rings. The number of benzene rings is 1. The molecular weight excluding hydrogens is 192 g/mol. The zero-order chi connectivity index (χ0) is 11.7. The van der Waals surface area contributed by atoms with Crippen LogP contribution in [0.3, 0.4) is 0 Å². The Labute approximate surface area is 100 Å². The molecule has 16 heavy (non-hydrogen) atoms. The molecule has 0 heterocycles. The molecule has 0 unspecified atom stereocenters. The second-order valence-corrected chi connectivity index (χ2v) is 5.08. The van der Waals surface area contributed by atoms with E-state index in [1.165, 1.54) is 38.5 Å². The third kappa shape index (κ3) is 1.69. The Morgan fingerprint density at radius 1 is 0.750 bits per heavy atom. The first-order chi connectivity index (χ1) is 7.70. The Morgan fingerprint density at radius 2 is 1.12 bits per heavy atom. The minimum atomic E-state index is 1.20. The molecule has 0 saturated heterocycles. The second kappa shape index (κ2) is 4.61. The van der Waals surface area contributed by atoms with E-state index < -0.39 is 0 Å². The summed E-state index contributed by atoms with van der Waals surface area (Å²) in [4.78, 5) is 0. The lowest BCUT2D eigenvalue weighted by atomic mass is 9.79. The molecule has 1 aliphatic rings. The molecular formula is C16H24. The SMILES string of the molecule is CCc1c(C)c2c(c(C)c1CC)CCCC2. The van der Waals surface area contributed by atoms with Crippen molar-refractivity contribution in [1.82, 2.24) is 0 Å². The van der Waals surface area contributed by atoms with Crippen LogP contribution in [0.1, 0.15) is 60.1 Å². The second-order valence-electron chi connectivity index (χ2n) is 5.08. The van der Waals surface area contributed by atoms with Gasteiger partial charge < -0.3 is 0 Å². The molecule has 0 spiro atoms. The summed E-state index contributed by atoms with van der Waals surface area (Å²) in [7, 11) is 0. The molecule has 0 N–H and O–H groups in total. The molecule has 0 bridgehead atoms. The molecule has 1 aromatic carbocycles. The van der Waals surface area contributed by atoms with Gasteiger partial charge in [0.2, 0.25) is 0 Å². The van der Waals surface area contributed by atoms with Gasteiger partial charge in [-0.3, -0.25) is 0 Å². The van der Waals surface area contributed by atoms with Crippen LogP contribution in [0.15, 0.2) is 0 Å². The smallest absolute Gasteiger partial charge is 0.0273 e.